The van der Waals surface area contributed by atoms with Gasteiger partial charge in [0.15, 0.2) is 5.79 Å². The van der Waals surface area contributed by atoms with E-state index in [9.17, 15) is 10.1 Å². The molecule has 3 heterocycles. The molecular formula is C12H15N3O4. The lowest BCUT2D eigenvalue weighted by atomic mass is 10.0. The molecule has 7 heteroatoms. The molecule has 0 amide bonds. The van der Waals surface area contributed by atoms with Crippen molar-refractivity contribution in [2.24, 2.45) is 0 Å². The molecular weight excluding hydrogens is 250 g/mol. The van der Waals surface area contributed by atoms with Gasteiger partial charge in [-0.05, 0) is 0 Å². The van der Waals surface area contributed by atoms with Gasteiger partial charge in [-0.1, -0.05) is 0 Å². The summed E-state index contributed by atoms with van der Waals surface area (Å²) in [6.07, 6.45) is 3.00. The Bertz CT molecular complexity index is 478. The number of pyridine rings is 1. The summed E-state index contributed by atoms with van der Waals surface area (Å²) in [4.78, 5) is 16.6. The standard InChI is InChI=1S/C12H15N3O4/c16-15(17)10-1-4-13-11(9-10)14-5-2-12(3-6-14)18-7-8-19-12/h1,4,9H,2-3,5-8H2. The summed E-state index contributed by atoms with van der Waals surface area (Å²) in [7, 11) is 0. The molecule has 19 heavy (non-hydrogen) atoms. The van der Waals surface area contributed by atoms with Gasteiger partial charge in [-0.15, -0.1) is 0 Å². The number of nitrogens with zero attached hydrogens (tertiary/aromatic N) is 3. The first-order valence-corrected chi connectivity index (χ1v) is 6.32. The predicted octanol–water partition coefficient (Wildman–Crippen LogP) is 1.33. The zero-order chi connectivity index (χ0) is 13.3. The fourth-order valence-electron chi connectivity index (χ4n) is 2.56. The van der Waals surface area contributed by atoms with Crippen LogP contribution in [0.5, 0.6) is 0 Å². The Labute approximate surface area is 110 Å². The molecule has 2 aliphatic rings. The lowest BCUT2D eigenvalue weighted by molar-refractivity contribution is -0.384. The van der Waals surface area contributed by atoms with Crippen molar-refractivity contribution in [1.29, 1.82) is 0 Å². The molecule has 2 aliphatic heterocycles. The van der Waals surface area contributed by atoms with Gasteiger partial charge in [0.2, 0.25) is 0 Å². The van der Waals surface area contributed by atoms with E-state index in [0.29, 0.717) is 19.0 Å². The van der Waals surface area contributed by atoms with Crippen LogP contribution in [-0.2, 0) is 9.47 Å². The maximum atomic E-state index is 10.8. The average Bonchev–Trinajstić information content (AvgIpc) is 2.88. The van der Waals surface area contributed by atoms with Gasteiger partial charge < -0.3 is 14.4 Å². The van der Waals surface area contributed by atoms with Gasteiger partial charge in [-0.3, -0.25) is 10.1 Å². The highest BCUT2D eigenvalue weighted by atomic mass is 16.7. The van der Waals surface area contributed by atoms with Crippen LogP contribution >= 0.6 is 0 Å². The highest BCUT2D eigenvalue weighted by molar-refractivity contribution is 5.47. The largest absolute Gasteiger partial charge is 0.356 e. The number of ether oxygens (including phenoxy) is 2. The first-order chi connectivity index (χ1) is 9.19. The summed E-state index contributed by atoms with van der Waals surface area (Å²) >= 11 is 0. The molecule has 1 aromatic rings. The van der Waals surface area contributed by atoms with Crippen LogP contribution in [0.2, 0.25) is 0 Å². The smallest absolute Gasteiger partial charge is 0.274 e. The number of hydrogen-bond donors (Lipinski definition) is 0. The summed E-state index contributed by atoms with van der Waals surface area (Å²) in [5.41, 5.74) is 0.0682. The van der Waals surface area contributed by atoms with Crippen LogP contribution in [0.25, 0.3) is 0 Å². The van der Waals surface area contributed by atoms with Crippen molar-refractivity contribution in [1.82, 2.24) is 4.98 Å². The van der Waals surface area contributed by atoms with E-state index in [0.717, 1.165) is 25.9 Å². The molecule has 7 nitrogen and oxygen atoms in total. The van der Waals surface area contributed by atoms with Crippen molar-refractivity contribution in [3.8, 4) is 0 Å². The van der Waals surface area contributed by atoms with Crippen LogP contribution < -0.4 is 4.90 Å². The van der Waals surface area contributed by atoms with E-state index in [2.05, 4.69) is 4.98 Å². The van der Waals surface area contributed by atoms with E-state index in [1.165, 1.54) is 18.3 Å². The molecule has 0 aliphatic carbocycles. The number of piperidine rings is 1. The van der Waals surface area contributed by atoms with Gasteiger partial charge in [0, 0.05) is 38.2 Å². The Morgan fingerprint density at radius 2 is 2.00 bits per heavy atom. The van der Waals surface area contributed by atoms with Crippen molar-refractivity contribution >= 4 is 11.5 Å². The zero-order valence-corrected chi connectivity index (χ0v) is 10.4. The molecule has 0 unspecified atom stereocenters. The molecule has 0 N–H and O–H groups in total. The molecule has 2 saturated heterocycles. The fraction of sp³-hybridized carbons (Fsp3) is 0.583. The van der Waals surface area contributed by atoms with E-state index >= 15 is 0 Å². The van der Waals surface area contributed by atoms with Crippen molar-refractivity contribution in [3.05, 3.63) is 28.4 Å². The highest BCUT2D eigenvalue weighted by Gasteiger charge is 2.40. The third kappa shape index (κ3) is 2.39. The molecule has 0 radical (unpaired) electrons. The van der Waals surface area contributed by atoms with Crippen LogP contribution in [0, 0.1) is 10.1 Å². The molecule has 1 spiro atoms. The van der Waals surface area contributed by atoms with Gasteiger partial charge in [-0.2, -0.15) is 0 Å². The van der Waals surface area contributed by atoms with Gasteiger partial charge >= 0.3 is 0 Å². The molecule has 3 rings (SSSR count). The minimum Gasteiger partial charge on any atom is -0.356 e. The minimum absolute atomic E-state index is 0.0682. The van der Waals surface area contributed by atoms with E-state index < -0.39 is 10.7 Å². The Morgan fingerprint density at radius 1 is 1.32 bits per heavy atom. The van der Waals surface area contributed by atoms with Crippen molar-refractivity contribution in [3.63, 3.8) is 0 Å². The van der Waals surface area contributed by atoms with Crippen molar-refractivity contribution in [2.45, 2.75) is 18.6 Å². The minimum atomic E-state index is -0.433. The van der Waals surface area contributed by atoms with E-state index in [-0.39, 0.29) is 5.69 Å². The Kier molecular flexibility index (Phi) is 3.08. The Hall–Kier alpha value is -1.73. The number of nitro groups is 1. The quantitative estimate of drug-likeness (QED) is 0.593. The van der Waals surface area contributed by atoms with Crippen LogP contribution in [0.3, 0.4) is 0 Å². The molecule has 0 aromatic carbocycles. The van der Waals surface area contributed by atoms with Crippen molar-refractivity contribution < 1.29 is 14.4 Å². The molecule has 102 valence electrons. The Balaban J connectivity index is 1.71. The maximum Gasteiger partial charge on any atom is 0.274 e. The summed E-state index contributed by atoms with van der Waals surface area (Å²) < 4.78 is 11.3. The van der Waals surface area contributed by atoms with Crippen LogP contribution in [0.4, 0.5) is 11.5 Å². The lowest BCUT2D eigenvalue weighted by Crippen LogP contribution is -2.45. The van der Waals surface area contributed by atoms with Crippen LogP contribution in [-0.4, -0.2) is 42.0 Å². The fourth-order valence-corrected chi connectivity index (χ4v) is 2.56. The van der Waals surface area contributed by atoms with E-state index in [4.69, 9.17) is 9.47 Å². The highest BCUT2D eigenvalue weighted by Crippen LogP contribution is 2.33. The lowest BCUT2D eigenvalue weighted by Gasteiger charge is -2.38. The summed E-state index contributed by atoms with van der Waals surface area (Å²) in [5, 5.41) is 10.8. The molecule has 0 bridgehead atoms. The third-order valence-corrected chi connectivity index (χ3v) is 3.60. The number of rotatable bonds is 2. The first kappa shape index (κ1) is 12.3. The average molecular weight is 265 g/mol. The molecule has 0 atom stereocenters. The summed E-state index contributed by atoms with van der Waals surface area (Å²) in [6, 6.07) is 2.91. The molecule has 0 saturated carbocycles. The van der Waals surface area contributed by atoms with Gasteiger partial charge in [0.05, 0.1) is 24.2 Å². The van der Waals surface area contributed by atoms with Gasteiger partial charge in [0.25, 0.3) is 5.69 Å². The zero-order valence-electron chi connectivity index (χ0n) is 10.4. The number of hydrogen-bond acceptors (Lipinski definition) is 6. The predicted molar refractivity (Wildman–Crippen MR) is 67.0 cm³/mol. The normalized spacial score (nSPS) is 21.8. The van der Waals surface area contributed by atoms with E-state index in [1.54, 1.807) is 0 Å². The van der Waals surface area contributed by atoms with Crippen LogP contribution in [0.1, 0.15) is 12.8 Å². The first-order valence-electron chi connectivity index (χ1n) is 6.32. The Morgan fingerprint density at radius 3 is 2.63 bits per heavy atom. The number of aromatic nitrogens is 1. The third-order valence-electron chi connectivity index (χ3n) is 3.60. The second-order valence-corrected chi connectivity index (χ2v) is 4.72. The second kappa shape index (κ2) is 4.75. The topological polar surface area (TPSA) is 77.7 Å². The van der Waals surface area contributed by atoms with Crippen molar-refractivity contribution in [2.75, 3.05) is 31.2 Å². The monoisotopic (exact) mass is 265 g/mol. The molecule has 1 aromatic heterocycles. The van der Waals surface area contributed by atoms with Gasteiger partial charge in [-0.25, -0.2) is 4.98 Å². The number of anilines is 1. The van der Waals surface area contributed by atoms with Gasteiger partial charge in [0.1, 0.15) is 5.82 Å². The summed E-state index contributed by atoms with van der Waals surface area (Å²) in [5.74, 6) is 0.207. The molecule has 2 fully saturated rings. The maximum absolute atomic E-state index is 10.8. The van der Waals surface area contributed by atoms with E-state index in [1.807, 2.05) is 4.90 Å². The SMILES string of the molecule is O=[N+]([O-])c1ccnc(N2CCC3(CC2)OCCO3)c1. The van der Waals surface area contributed by atoms with Crippen LogP contribution in [0.15, 0.2) is 18.3 Å². The second-order valence-electron chi connectivity index (χ2n) is 4.72. The summed E-state index contributed by atoms with van der Waals surface area (Å²) in [6.45, 7) is 2.76.